The second-order valence-corrected chi connectivity index (χ2v) is 5.45. The highest BCUT2D eigenvalue weighted by Gasteiger charge is 2.35. The Morgan fingerprint density at radius 1 is 1.56 bits per heavy atom. The van der Waals surface area contributed by atoms with Gasteiger partial charge in [0.25, 0.3) is 0 Å². The van der Waals surface area contributed by atoms with Gasteiger partial charge >= 0.3 is 0 Å². The fourth-order valence-electron chi connectivity index (χ4n) is 2.61. The van der Waals surface area contributed by atoms with E-state index >= 15 is 0 Å². The zero-order valence-corrected chi connectivity index (χ0v) is 10.1. The summed E-state index contributed by atoms with van der Waals surface area (Å²) in [6.45, 7) is 7.74. The van der Waals surface area contributed by atoms with Gasteiger partial charge < -0.3 is 9.52 Å². The maximum Gasteiger partial charge on any atom is 0.117 e. The highest BCUT2D eigenvalue weighted by Crippen LogP contribution is 2.34. The fourth-order valence-corrected chi connectivity index (χ4v) is 2.61. The van der Waals surface area contributed by atoms with E-state index in [2.05, 4.69) is 18.7 Å². The van der Waals surface area contributed by atoms with E-state index in [1.54, 1.807) is 6.26 Å². The number of hydrogen-bond donors (Lipinski definition) is 1. The zero-order valence-electron chi connectivity index (χ0n) is 10.1. The molecule has 0 saturated carbocycles. The Balaban J connectivity index is 1.95. The Labute approximate surface area is 97.1 Å². The summed E-state index contributed by atoms with van der Waals surface area (Å²) in [5, 5.41) is 9.33. The molecule has 90 valence electrons. The summed E-state index contributed by atoms with van der Waals surface area (Å²) < 4.78 is 5.37. The van der Waals surface area contributed by atoms with Gasteiger partial charge in [-0.2, -0.15) is 0 Å². The van der Waals surface area contributed by atoms with Crippen LogP contribution in [0.5, 0.6) is 0 Å². The van der Waals surface area contributed by atoms with Gasteiger partial charge in [0, 0.05) is 13.2 Å². The summed E-state index contributed by atoms with van der Waals surface area (Å²) in [5.41, 5.74) is 0.194. The standard InChI is InChI=1S/C13H21NO2/c1-13(2)10-14(6-5-11(13)9-15)8-12-4-3-7-16-12/h3-4,7,11,15H,5-6,8-10H2,1-2H3. The molecule has 1 saturated heterocycles. The Morgan fingerprint density at radius 3 is 2.94 bits per heavy atom. The van der Waals surface area contributed by atoms with Crippen molar-refractivity contribution in [2.75, 3.05) is 19.7 Å². The van der Waals surface area contributed by atoms with Gasteiger partial charge in [-0.3, -0.25) is 4.90 Å². The van der Waals surface area contributed by atoms with Crippen LogP contribution in [0.1, 0.15) is 26.0 Å². The third-order valence-corrected chi connectivity index (χ3v) is 3.71. The number of rotatable bonds is 3. The van der Waals surface area contributed by atoms with Crippen molar-refractivity contribution in [1.82, 2.24) is 4.90 Å². The van der Waals surface area contributed by atoms with Gasteiger partial charge in [0.05, 0.1) is 12.8 Å². The third kappa shape index (κ3) is 2.47. The maximum atomic E-state index is 9.33. The van der Waals surface area contributed by atoms with Crippen LogP contribution in [-0.4, -0.2) is 29.7 Å². The summed E-state index contributed by atoms with van der Waals surface area (Å²) in [6, 6.07) is 3.95. The van der Waals surface area contributed by atoms with Crippen molar-refractivity contribution in [2.45, 2.75) is 26.8 Å². The molecular weight excluding hydrogens is 202 g/mol. The second kappa shape index (κ2) is 4.60. The van der Waals surface area contributed by atoms with Crippen molar-refractivity contribution >= 4 is 0 Å². The molecule has 1 aromatic heterocycles. The van der Waals surface area contributed by atoms with E-state index in [0.29, 0.717) is 12.5 Å². The van der Waals surface area contributed by atoms with Gasteiger partial charge in [0.1, 0.15) is 5.76 Å². The van der Waals surface area contributed by atoms with Crippen LogP contribution < -0.4 is 0 Å². The Bertz CT molecular complexity index is 319. The van der Waals surface area contributed by atoms with Gasteiger partial charge in [-0.15, -0.1) is 0 Å². The first-order valence-electron chi connectivity index (χ1n) is 5.97. The molecule has 1 aromatic rings. The van der Waals surface area contributed by atoms with Crippen LogP contribution in [0.3, 0.4) is 0 Å². The van der Waals surface area contributed by atoms with E-state index < -0.39 is 0 Å². The van der Waals surface area contributed by atoms with Gasteiger partial charge in [-0.05, 0) is 36.4 Å². The monoisotopic (exact) mass is 223 g/mol. The normalized spacial score (nSPS) is 25.8. The van der Waals surface area contributed by atoms with E-state index in [9.17, 15) is 5.11 Å². The van der Waals surface area contributed by atoms with Crippen molar-refractivity contribution in [3.05, 3.63) is 24.2 Å². The molecule has 0 amide bonds. The van der Waals surface area contributed by atoms with E-state index in [0.717, 1.165) is 31.8 Å². The SMILES string of the molecule is CC1(C)CN(Cc2ccco2)CCC1CO. The molecule has 0 spiro atoms. The molecular formula is C13H21NO2. The predicted octanol–water partition coefficient (Wildman–Crippen LogP) is 2.12. The van der Waals surface area contributed by atoms with E-state index in [1.807, 2.05) is 12.1 Å². The van der Waals surface area contributed by atoms with Crippen LogP contribution in [0.2, 0.25) is 0 Å². The number of piperidine rings is 1. The summed E-state index contributed by atoms with van der Waals surface area (Å²) in [4.78, 5) is 2.41. The molecule has 0 bridgehead atoms. The quantitative estimate of drug-likeness (QED) is 0.852. The molecule has 0 aromatic carbocycles. The molecule has 1 N–H and O–H groups in total. The van der Waals surface area contributed by atoms with Crippen molar-refractivity contribution in [2.24, 2.45) is 11.3 Å². The first-order chi connectivity index (χ1) is 7.62. The molecule has 2 heterocycles. The number of hydrogen-bond acceptors (Lipinski definition) is 3. The molecule has 1 aliphatic heterocycles. The molecule has 3 heteroatoms. The first kappa shape index (κ1) is 11.7. The van der Waals surface area contributed by atoms with Crippen molar-refractivity contribution < 1.29 is 9.52 Å². The molecule has 1 atom stereocenters. The van der Waals surface area contributed by atoms with Gasteiger partial charge in [-0.1, -0.05) is 13.8 Å². The number of aliphatic hydroxyl groups is 1. The van der Waals surface area contributed by atoms with Gasteiger partial charge in [0.2, 0.25) is 0 Å². The summed E-state index contributed by atoms with van der Waals surface area (Å²) >= 11 is 0. The number of likely N-dealkylation sites (tertiary alicyclic amines) is 1. The number of aliphatic hydroxyl groups excluding tert-OH is 1. The maximum absolute atomic E-state index is 9.33. The number of furan rings is 1. The van der Waals surface area contributed by atoms with Crippen LogP contribution in [0.15, 0.2) is 22.8 Å². The van der Waals surface area contributed by atoms with Crippen molar-refractivity contribution in [3.8, 4) is 0 Å². The van der Waals surface area contributed by atoms with Gasteiger partial charge in [0.15, 0.2) is 0 Å². The summed E-state index contributed by atoms with van der Waals surface area (Å²) in [6.07, 6.45) is 2.80. The molecule has 1 fully saturated rings. The van der Waals surface area contributed by atoms with Crippen molar-refractivity contribution in [3.63, 3.8) is 0 Å². The lowest BCUT2D eigenvalue weighted by molar-refractivity contribution is 0.0153. The lowest BCUT2D eigenvalue weighted by Crippen LogP contribution is -2.46. The Kier molecular flexibility index (Phi) is 3.36. The van der Waals surface area contributed by atoms with Crippen LogP contribution in [0.4, 0.5) is 0 Å². The minimum Gasteiger partial charge on any atom is -0.468 e. The Morgan fingerprint density at radius 2 is 2.38 bits per heavy atom. The largest absolute Gasteiger partial charge is 0.468 e. The molecule has 1 aliphatic rings. The third-order valence-electron chi connectivity index (χ3n) is 3.71. The summed E-state index contributed by atoms with van der Waals surface area (Å²) in [7, 11) is 0. The average molecular weight is 223 g/mol. The van der Waals surface area contributed by atoms with E-state index in [4.69, 9.17) is 4.42 Å². The smallest absolute Gasteiger partial charge is 0.117 e. The molecule has 0 aliphatic carbocycles. The molecule has 16 heavy (non-hydrogen) atoms. The van der Waals surface area contributed by atoms with Crippen LogP contribution >= 0.6 is 0 Å². The Hall–Kier alpha value is -0.800. The first-order valence-corrected chi connectivity index (χ1v) is 5.97. The minimum atomic E-state index is 0.194. The lowest BCUT2D eigenvalue weighted by Gasteiger charge is -2.43. The average Bonchev–Trinajstić information content (AvgIpc) is 2.69. The zero-order chi connectivity index (χ0) is 11.6. The topological polar surface area (TPSA) is 36.6 Å². The molecule has 1 unspecified atom stereocenters. The second-order valence-electron chi connectivity index (χ2n) is 5.45. The van der Waals surface area contributed by atoms with Crippen molar-refractivity contribution in [1.29, 1.82) is 0 Å². The fraction of sp³-hybridized carbons (Fsp3) is 0.692. The predicted molar refractivity (Wildman–Crippen MR) is 63.0 cm³/mol. The van der Waals surface area contributed by atoms with Crippen LogP contribution in [-0.2, 0) is 6.54 Å². The molecule has 2 rings (SSSR count). The van der Waals surface area contributed by atoms with Crippen LogP contribution in [0, 0.1) is 11.3 Å². The van der Waals surface area contributed by atoms with Gasteiger partial charge in [-0.25, -0.2) is 0 Å². The summed E-state index contributed by atoms with van der Waals surface area (Å²) in [5.74, 6) is 1.46. The van der Waals surface area contributed by atoms with E-state index in [-0.39, 0.29) is 5.41 Å². The number of nitrogens with zero attached hydrogens (tertiary/aromatic N) is 1. The molecule has 0 radical (unpaired) electrons. The highest BCUT2D eigenvalue weighted by molar-refractivity contribution is 4.99. The highest BCUT2D eigenvalue weighted by atomic mass is 16.3. The van der Waals surface area contributed by atoms with Crippen LogP contribution in [0.25, 0.3) is 0 Å². The minimum absolute atomic E-state index is 0.194. The molecule has 3 nitrogen and oxygen atoms in total. The van der Waals surface area contributed by atoms with E-state index in [1.165, 1.54) is 0 Å². The lowest BCUT2D eigenvalue weighted by atomic mass is 9.74.